The second-order valence-corrected chi connectivity index (χ2v) is 11.0. The van der Waals surface area contributed by atoms with Crippen molar-refractivity contribution in [2.24, 2.45) is 5.92 Å². The fourth-order valence-corrected chi connectivity index (χ4v) is 6.05. The van der Waals surface area contributed by atoms with Crippen LogP contribution in [0.2, 0.25) is 0 Å². The molecule has 0 saturated carbocycles. The normalized spacial score (nSPS) is 19.6. The first-order valence-electron chi connectivity index (χ1n) is 8.44. The fraction of sp³-hybridized carbons (Fsp3) is 0.588. The largest absolute Gasteiger partial charge is 0.356 e. The Morgan fingerprint density at radius 3 is 2.52 bits per heavy atom. The molecule has 1 unspecified atom stereocenters. The molecule has 0 radical (unpaired) electrons. The molecule has 0 bridgehead atoms. The molecular formula is C17H25NO5S2. The van der Waals surface area contributed by atoms with E-state index in [0.717, 1.165) is 12.0 Å². The SMILES string of the molecule is Cc1ccc(S(=O)(=O)CCC(=O)NCCCC2CCS(=O)(=O)C2)cc1. The van der Waals surface area contributed by atoms with Gasteiger partial charge in [-0.05, 0) is 44.2 Å². The van der Waals surface area contributed by atoms with Crippen molar-refractivity contribution < 1.29 is 21.6 Å². The Kier molecular flexibility index (Phi) is 6.62. The predicted molar refractivity (Wildman–Crippen MR) is 96.9 cm³/mol. The maximum atomic E-state index is 12.2. The highest BCUT2D eigenvalue weighted by atomic mass is 32.2. The Bertz CT molecular complexity index is 798. The average molecular weight is 388 g/mol. The van der Waals surface area contributed by atoms with Gasteiger partial charge in [-0.25, -0.2) is 16.8 Å². The highest BCUT2D eigenvalue weighted by Crippen LogP contribution is 2.22. The second-order valence-electron chi connectivity index (χ2n) is 6.64. The molecule has 1 aliphatic heterocycles. The van der Waals surface area contributed by atoms with Crippen LogP contribution in [0, 0.1) is 12.8 Å². The number of hydrogen-bond acceptors (Lipinski definition) is 5. The van der Waals surface area contributed by atoms with Crippen LogP contribution in [0.5, 0.6) is 0 Å². The number of sulfone groups is 2. The van der Waals surface area contributed by atoms with Gasteiger partial charge in [-0.2, -0.15) is 0 Å². The summed E-state index contributed by atoms with van der Waals surface area (Å²) in [6, 6.07) is 6.57. The zero-order valence-electron chi connectivity index (χ0n) is 14.4. The second kappa shape index (κ2) is 8.31. The van der Waals surface area contributed by atoms with Gasteiger partial charge in [-0.15, -0.1) is 0 Å². The van der Waals surface area contributed by atoms with Crippen LogP contribution >= 0.6 is 0 Å². The van der Waals surface area contributed by atoms with E-state index in [2.05, 4.69) is 5.32 Å². The Balaban J connectivity index is 1.67. The molecule has 6 nitrogen and oxygen atoms in total. The van der Waals surface area contributed by atoms with Crippen molar-refractivity contribution >= 4 is 25.6 Å². The van der Waals surface area contributed by atoms with Gasteiger partial charge >= 0.3 is 0 Å². The van der Waals surface area contributed by atoms with Crippen LogP contribution in [-0.4, -0.2) is 46.5 Å². The van der Waals surface area contributed by atoms with E-state index >= 15 is 0 Å². The molecule has 1 amide bonds. The number of nitrogens with one attached hydrogen (secondary N) is 1. The highest BCUT2D eigenvalue weighted by Gasteiger charge is 2.27. The molecule has 1 fully saturated rings. The van der Waals surface area contributed by atoms with Crippen molar-refractivity contribution in [1.82, 2.24) is 5.32 Å². The molecule has 0 aliphatic carbocycles. The van der Waals surface area contributed by atoms with Crippen molar-refractivity contribution in [3.8, 4) is 0 Å². The molecule has 1 aromatic rings. The van der Waals surface area contributed by atoms with E-state index < -0.39 is 19.7 Å². The summed E-state index contributed by atoms with van der Waals surface area (Å²) in [4.78, 5) is 12.0. The Morgan fingerprint density at radius 1 is 1.24 bits per heavy atom. The van der Waals surface area contributed by atoms with Gasteiger partial charge in [0.05, 0.1) is 22.2 Å². The Labute approximate surface area is 149 Å². The minimum Gasteiger partial charge on any atom is -0.356 e. The van der Waals surface area contributed by atoms with Crippen molar-refractivity contribution in [1.29, 1.82) is 0 Å². The third-order valence-corrected chi connectivity index (χ3v) is 7.98. The molecule has 8 heteroatoms. The van der Waals surface area contributed by atoms with Gasteiger partial charge in [0.2, 0.25) is 5.91 Å². The van der Waals surface area contributed by atoms with Crippen LogP contribution in [-0.2, 0) is 24.5 Å². The van der Waals surface area contributed by atoms with E-state index in [1.807, 2.05) is 6.92 Å². The quantitative estimate of drug-likeness (QED) is 0.682. The molecule has 2 rings (SSSR count). The standard InChI is InChI=1S/C17H25NO5S2/c1-14-4-6-16(7-5-14)25(22,23)12-9-17(19)18-10-2-3-15-8-11-24(20,21)13-15/h4-7,15H,2-3,8-13H2,1H3,(H,18,19). The lowest BCUT2D eigenvalue weighted by molar-refractivity contribution is -0.120. The Morgan fingerprint density at radius 2 is 1.92 bits per heavy atom. The number of benzene rings is 1. The number of amides is 1. The summed E-state index contributed by atoms with van der Waals surface area (Å²) >= 11 is 0. The van der Waals surface area contributed by atoms with Crippen LogP contribution < -0.4 is 5.32 Å². The molecule has 1 aromatic carbocycles. The summed E-state index contributed by atoms with van der Waals surface area (Å²) in [7, 11) is -6.31. The minimum absolute atomic E-state index is 0.0754. The fourth-order valence-electron chi connectivity index (χ4n) is 2.90. The van der Waals surface area contributed by atoms with E-state index in [9.17, 15) is 21.6 Å². The van der Waals surface area contributed by atoms with Crippen molar-refractivity contribution in [2.75, 3.05) is 23.8 Å². The van der Waals surface area contributed by atoms with E-state index in [1.165, 1.54) is 0 Å². The molecule has 25 heavy (non-hydrogen) atoms. The molecule has 0 spiro atoms. The smallest absolute Gasteiger partial charge is 0.221 e. The lowest BCUT2D eigenvalue weighted by Gasteiger charge is -2.09. The summed E-state index contributed by atoms with van der Waals surface area (Å²) in [5, 5.41) is 2.71. The van der Waals surface area contributed by atoms with Crippen molar-refractivity contribution in [3.05, 3.63) is 29.8 Å². The van der Waals surface area contributed by atoms with Gasteiger partial charge in [0.1, 0.15) is 0 Å². The maximum absolute atomic E-state index is 12.2. The van der Waals surface area contributed by atoms with E-state index in [1.54, 1.807) is 24.3 Å². The Hall–Kier alpha value is -1.41. The zero-order valence-corrected chi connectivity index (χ0v) is 16.0. The van der Waals surface area contributed by atoms with E-state index in [0.29, 0.717) is 19.4 Å². The van der Waals surface area contributed by atoms with Crippen molar-refractivity contribution in [3.63, 3.8) is 0 Å². The monoisotopic (exact) mass is 387 g/mol. The minimum atomic E-state index is -3.46. The van der Waals surface area contributed by atoms with Gasteiger partial charge in [0.25, 0.3) is 0 Å². The molecule has 1 N–H and O–H groups in total. The molecule has 1 atom stereocenters. The zero-order chi connectivity index (χ0) is 18.5. The molecule has 1 heterocycles. The van der Waals surface area contributed by atoms with Crippen LogP contribution in [0.3, 0.4) is 0 Å². The lowest BCUT2D eigenvalue weighted by atomic mass is 10.0. The molecule has 140 valence electrons. The van der Waals surface area contributed by atoms with E-state index in [4.69, 9.17) is 0 Å². The lowest BCUT2D eigenvalue weighted by Crippen LogP contribution is -2.27. The maximum Gasteiger partial charge on any atom is 0.221 e. The summed E-state index contributed by atoms with van der Waals surface area (Å²) in [5.74, 6) is 0.179. The predicted octanol–water partition coefficient (Wildman–Crippen LogP) is 1.49. The number of aryl methyl sites for hydroxylation is 1. The molecule has 0 aromatic heterocycles. The summed E-state index contributed by atoms with van der Waals surface area (Å²) in [6.07, 6.45) is 2.09. The van der Waals surface area contributed by atoms with Crippen LogP contribution in [0.15, 0.2) is 29.2 Å². The van der Waals surface area contributed by atoms with Gasteiger partial charge in [-0.1, -0.05) is 17.7 Å². The highest BCUT2D eigenvalue weighted by molar-refractivity contribution is 7.91. The summed E-state index contributed by atoms with van der Waals surface area (Å²) in [6.45, 7) is 2.32. The summed E-state index contributed by atoms with van der Waals surface area (Å²) < 4.78 is 47.1. The first kappa shape index (κ1) is 19.9. The van der Waals surface area contributed by atoms with Gasteiger partial charge < -0.3 is 5.32 Å². The molecule has 1 saturated heterocycles. The van der Waals surface area contributed by atoms with Crippen molar-refractivity contribution in [2.45, 2.75) is 37.5 Å². The summed E-state index contributed by atoms with van der Waals surface area (Å²) in [5.41, 5.74) is 0.978. The molecular weight excluding hydrogens is 362 g/mol. The number of carbonyl (C=O) groups excluding carboxylic acids is 1. The third-order valence-electron chi connectivity index (χ3n) is 4.42. The van der Waals surface area contributed by atoms with Crippen LogP contribution in [0.1, 0.15) is 31.2 Å². The van der Waals surface area contributed by atoms with Crippen LogP contribution in [0.4, 0.5) is 0 Å². The number of carbonyl (C=O) groups is 1. The van der Waals surface area contributed by atoms with Gasteiger partial charge in [-0.3, -0.25) is 4.79 Å². The third kappa shape index (κ3) is 6.43. The van der Waals surface area contributed by atoms with Crippen LogP contribution in [0.25, 0.3) is 0 Å². The first-order chi connectivity index (χ1) is 11.7. The average Bonchev–Trinajstić information content (AvgIpc) is 2.89. The van der Waals surface area contributed by atoms with E-state index in [-0.39, 0.29) is 40.4 Å². The number of hydrogen-bond donors (Lipinski definition) is 1. The van der Waals surface area contributed by atoms with Gasteiger partial charge in [0, 0.05) is 13.0 Å². The topological polar surface area (TPSA) is 97.4 Å². The molecule has 1 aliphatic rings. The number of rotatable bonds is 8. The van der Waals surface area contributed by atoms with Gasteiger partial charge in [0.15, 0.2) is 19.7 Å². The first-order valence-corrected chi connectivity index (χ1v) is 11.9.